The average molecular weight is 582 g/mol. The summed E-state index contributed by atoms with van der Waals surface area (Å²) in [6, 6.07) is 14.8. The van der Waals surface area contributed by atoms with Crippen molar-refractivity contribution >= 4 is 29.2 Å². The quantitative estimate of drug-likeness (QED) is 0.219. The van der Waals surface area contributed by atoms with E-state index in [1.54, 1.807) is 18.2 Å². The third-order valence-electron chi connectivity index (χ3n) is 7.89. The van der Waals surface area contributed by atoms with Gasteiger partial charge in [-0.3, -0.25) is 0 Å². The second-order valence-corrected chi connectivity index (χ2v) is 11.5. The van der Waals surface area contributed by atoms with Crippen molar-refractivity contribution in [3.63, 3.8) is 0 Å². The Balaban J connectivity index is 1.22. The van der Waals surface area contributed by atoms with Gasteiger partial charge >= 0.3 is 5.97 Å². The van der Waals surface area contributed by atoms with Gasteiger partial charge in [0.25, 0.3) is 0 Å². The molecule has 40 heavy (non-hydrogen) atoms. The lowest BCUT2D eigenvalue weighted by Crippen LogP contribution is -2.40. The molecule has 6 rings (SSSR count). The number of aromatic nitrogens is 1. The summed E-state index contributed by atoms with van der Waals surface area (Å²) in [7, 11) is 0. The Bertz CT molecular complexity index is 1600. The van der Waals surface area contributed by atoms with Gasteiger partial charge in [0.1, 0.15) is 18.1 Å². The number of nitrogens with zero attached hydrogens (tertiary/aromatic N) is 1. The summed E-state index contributed by atoms with van der Waals surface area (Å²) in [4.78, 5) is 11.3. The zero-order valence-electron chi connectivity index (χ0n) is 21.6. The topological polar surface area (TPSA) is 92.8 Å². The first kappa shape index (κ1) is 26.8. The molecule has 1 heterocycles. The maximum Gasteiger partial charge on any atom is 0.335 e. The van der Waals surface area contributed by atoms with Crippen LogP contribution in [0.5, 0.6) is 5.75 Å². The van der Waals surface area contributed by atoms with Crippen LogP contribution in [0, 0.1) is 12.7 Å². The van der Waals surface area contributed by atoms with Crippen LogP contribution in [-0.2, 0) is 12.2 Å². The highest BCUT2D eigenvalue weighted by Crippen LogP contribution is 2.53. The summed E-state index contributed by atoms with van der Waals surface area (Å²) in [6.45, 7) is 1.95. The van der Waals surface area contributed by atoms with Gasteiger partial charge < -0.3 is 19.5 Å². The first-order valence-electron chi connectivity index (χ1n) is 13.1. The number of hydrogen-bond acceptors (Lipinski definition) is 5. The van der Waals surface area contributed by atoms with Crippen LogP contribution in [0.25, 0.3) is 11.3 Å². The third kappa shape index (κ3) is 4.87. The second-order valence-electron chi connectivity index (χ2n) is 10.7. The van der Waals surface area contributed by atoms with Crippen molar-refractivity contribution in [1.82, 2.24) is 5.16 Å². The van der Waals surface area contributed by atoms with Crippen molar-refractivity contribution < 1.29 is 28.7 Å². The smallest absolute Gasteiger partial charge is 0.335 e. The molecule has 6 nitrogen and oxygen atoms in total. The number of carboxylic acids is 1. The highest BCUT2D eigenvalue weighted by atomic mass is 35.5. The van der Waals surface area contributed by atoms with Gasteiger partial charge in [0, 0.05) is 23.1 Å². The molecule has 206 valence electrons. The fourth-order valence-electron chi connectivity index (χ4n) is 5.54. The fourth-order valence-corrected chi connectivity index (χ4v) is 6.18. The van der Waals surface area contributed by atoms with Gasteiger partial charge in [-0.2, -0.15) is 0 Å². The van der Waals surface area contributed by atoms with Crippen LogP contribution in [-0.4, -0.2) is 21.3 Å². The lowest BCUT2D eigenvalue weighted by atomic mass is 9.65. The molecule has 1 aromatic heterocycles. The summed E-state index contributed by atoms with van der Waals surface area (Å²) in [5.41, 5.74) is 2.93. The van der Waals surface area contributed by atoms with Gasteiger partial charge in [-0.15, -0.1) is 0 Å². The molecule has 0 unspecified atom stereocenters. The summed E-state index contributed by atoms with van der Waals surface area (Å²) >= 11 is 13.1. The van der Waals surface area contributed by atoms with Crippen LogP contribution in [0.1, 0.15) is 75.9 Å². The maximum absolute atomic E-state index is 15.3. The minimum Gasteiger partial charge on any atom is -0.486 e. The Labute approximate surface area is 240 Å². The molecule has 3 aromatic carbocycles. The van der Waals surface area contributed by atoms with Crippen molar-refractivity contribution in [2.75, 3.05) is 0 Å². The molecular formula is C31H26Cl2FNO5. The molecule has 0 spiro atoms. The Morgan fingerprint density at radius 3 is 2.55 bits per heavy atom. The largest absolute Gasteiger partial charge is 0.486 e. The summed E-state index contributed by atoms with van der Waals surface area (Å²) in [6.07, 6.45) is 2.55. The molecule has 0 atom stereocenters. The van der Waals surface area contributed by atoms with E-state index in [9.17, 15) is 15.0 Å². The number of aromatic carboxylic acids is 1. The predicted octanol–water partition coefficient (Wildman–Crippen LogP) is 8.02. The van der Waals surface area contributed by atoms with Crippen molar-refractivity contribution in [3.05, 3.63) is 104 Å². The van der Waals surface area contributed by atoms with Gasteiger partial charge in [0.05, 0.1) is 26.8 Å². The first-order chi connectivity index (χ1) is 19.1. The van der Waals surface area contributed by atoms with E-state index in [4.69, 9.17) is 32.5 Å². The van der Waals surface area contributed by atoms with E-state index in [0.717, 1.165) is 40.9 Å². The number of ether oxygens (including phenoxy) is 1. The Kier molecular flexibility index (Phi) is 6.85. The summed E-state index contributed by atoms with van der Waals surface area (Å²) < 4.78 is 26.9. The fraction of sp³-hybridized carbons (Fsp3) is 0.290. The van der Waals surface area contributed by atoms with Crippen molar-refractivity contribution in [3.8, 4) is 17.0 Å². The van der Waals surface area contributed by atoms with Crippen LogP contribution in [0.15, 0.2) is 59.1 Å². The number of benzene rings is 3. The van der Waals surface area contributed by atoms with E-state index < -0.39 is 17.4 Å². The van der Waals surface area contributed by atoms with Gasteiger partial charge in [0.2, 0.25) is 0 Å². The van der Waals surface area contributed by atoms with Crippen LogP contribution in [0.4, 0.5) is 4.39 Å². The average Bonchev–Trinajstić information content (AvgIpc) is 3.67. The van der Waals surface area contributed by atoms with Crippen molar-refractivity contribution in [2.24, 2.45) is 0 Å². The van der Waals surface area contributed by atoms with Crippen LogP contribution in [0.2, 0.25) is 10.0 Å². The lowest BCUT2D eigenvalue weighted by molar-refractivity contribution is -0.0551. The molecule has 2 aliphatic rings. The van der Waals surface area contributed by atoms with E-state index in [-0.39, 0.29) is 40.3 Å². The summed E-state index contributed by atoms with van der Waals surface area (Å²) in [5.74, 6) is -0.812. The van der Waals surface area contributed by atoms with E-state index in [1.165, 1.54) is 18.2 Å². The van der Waals surface area contributed by atoms with E-state index in [1.807, 2.05) is 25.1 Å². The summed E-state index contributed by atoms with van der Waals surface area (Å²) in [5, 5.41) is 25.5. The SMILES string of the molecule is Cc1cccc(Cl)c1-c1noc(C2CC2)c1COc1cc(Cl)c(C2(O)CC(c3cccc(C(=O)O)c3)C2)cc1F. The monoisotopic (exact) mass is 581 g/mol. The second kappa shape index (κ2) is 10.2. The normalized spacial score (nSPS) is 20.3. The van der Waals surface area contributed by atoms with Crippen molar-refractivity contribution in [2.45, 2.75) is 56.7 Å². The number of carboxylic acid groups (broad SMARTS) is 1. The van der Waals surface area contributed by atoms with Gasteiger partial charge in [-0.1, -0.05) is 52.6 Å². The molecule has 2 saturated carbocycles. The number of aryl methyl sites for hydroxylation is 1. The Morgan fingerprint density at radius 1 is 1.10 bits per heavy atom. The molecule has 0 saturated heterocycles. The molecule has 0 amide bonds. The molecule has 0 radical (unpaired) electrons. The van der Waals surface area contributed by atoms with Gasteiger partial charge in [-0.05, 0) is 73.9 Å². The number of halogens is 3. The van der Waals surface area contributed by atoms with E-state index >= 15 is 4.39 Å². The third-order valence-corrected chi connectivity index (χ3v) is 8.52. The molecule has 2 aliphatic carbocycles. The minimum atomic E-state index is -1.33. The lowest BCUT2D eigenvalue weighted by Gasteiger charge is -2.44. The number of aliphatic hydroxyl groups is 1. The van der Waals surface area contributed by atoms with Gasteiger partial charge in [-0.25, -0.2) is 9.18 Å². The Hall–Kier alpha value is -3.39. The molecule has 0 aliphatic heterocycles. The number of rotatable bonds is 8. The highest BCUT2D eigenvalue weighted by molar-refractivity contribution is 6.33. The molecule has 2 fully saturated rings. The van der Waals surface area contributed by atoms with Crippen LogP contribution in [0.3, 0.4) is 0 Å². The zero-order chi connectivity index (χ0) is 28.2. The number of carbonyl (C=O) groups is 1. The van der Waals surface area contributed by atoms with Crippen LogP contribution >= 0.6 is 23.2 Å². The highest BCUT2D eigenvalue weighted by Gasteiger charge is 2.46. The molecular weight excluding hydrogens is 556 g/mol. The molecule has 4 aromatic rings. The molecule has 9 heteroatoms. The molecule has 2 N–H and O–H groups in total. The predicted molar refractivity (Wildman–Crippen MR) is 149 cm³/mol. The number of hydrogen-bond donors (Lipinski definition) is 2. The molecule has 0 bridgehead atoms. The van der Waals surface area contributed by atoms with Gasteiger partial charge in [0.15, 0.2) is 11.6 Å². The zero-order valence-corrected chi connectivity index (χ0v) is 23.1. The van der Waals surface area contributed by atoms with E-state index in [2.05, 4.69) is 5.16 Å². The Morgan fingerprint density at radius 2 is 1.85 bits per heavy atom. The standard InChI is InChI=1S/C31H26Cl2FNO5/c1-16-4-2-7-23(32)27(16)28-21(29(40-35-28)17-8-9-17)15-39-26-12-24(33)22(11-25(26)34)31(38)13-20(14-31)18-5-3-6-19(10-18)30(36)37/h2-7,10-12,17,20,38H,8-9,13-15H2,1H3,(H,36,37). The van der Waals surface area contributed by atoms with Crippen LogP contribution < -0.4 is 4.74 Å². The minimum absolute atomic E-state index is 0.00812. The van der Waals surface area contributed by atoms with Crippen molar-refractivity contribution in [1.29, 1.82) is 0 Å². The van der Waals surface area contributed by atoms with E-state index in [0.29, 0.717) is 23.6 Å². The first-order valence-corrected chi connectivity index (χ1v) is 13.8. The maximum atomic E-state index is 15.3.